The number of nitrogens with zero attached hydrogens (tertiary/aromatic N) is 2. The van der Waals surface area contributed by atoms with Gasteiger partial charge in [0, 0.05) is 37.1 Å². The minimum Gasteiger partial charge on any atom is -0.383 e. The number of sulfonamides is 1. The molecule has 0 fully saturated rings. The Hall–Kier alpha value is -1.35. The summed E-state index contributed by atoms with van der Waals surface area (Å²) in [6, 6.07) is 7.31. The molecule has 0 bridgehead atoms. The van der Waals surface area contributed by atoms with E-state index in [4.69, 9.17) is 4.74 Å². The number of halogens is 2. The Bertz CT molecular complexity index is 757. The van der Waals surface area contributed by atoms with Crippen molar-refractivity contribution < 1.29 is 17.5 Å². The van der Waals surface area contributed by atoms with Gasteiger partial charge in [0.25, 0.3) is 0 Å². The molecule has 0 saturated heterocycles. The smallest absolute Gasteiger partial charge is 0.246 e. The quantitative estimate of drug-likeness (QED) is 0.714. The van der Waals surface area contributed by atoms with E-state index >= 15 is 0 Å². The van der Waals surface area contributed by atoms with Gasteiger partial charge in [-0.3, -0.25) is 4.98 Å². The van der Waals surface area contributed by atoms with Gasteiger partial charge < -0.3 is 4.74 Å². The molecule has 0 atom stereocenters. The van der Waals surface area contributed by atoms with Gasteiger partial charge in [-0.2, -0.15) is 4.31 Å². The zero-order chi connectivity index (χ0) is 16.9. The summed E-state index contributed by atoms with van der Waals surface area (Å²) in [4.78, 5) is 3.60. The molecule has 1 aromatic heterocycles. The summed E-state index contributed by atoms with van der Waals surface area (Å²) >= 11 is 3.17. The second-order valence-corrected chi connectivity index (χ2v) is 7.59. The van der Waals surface area contributed by atoms with Gasteiger partial charge in [0.1, 0.15) is 10.7 Å². The van der Waals surface area contributed by atoms with Crippen LogP contribution < -0.4 is 0 Å². The van der Waals surface area contributed by atoms with Gasteiger partial charge in [0.05, 0.1) is 6.61 Å². The molecule has 0 unspecified atom stereocenters. The first-order valence-electron chi connectivity index (χ1n) is 6.78. The Morgan fingerprint density at radius 2 is 2.13 bits per heavy atom. The molecule has 0 spiro atoms. The van der Waals surface area contributed by atoms with Crippen LogP contribution in [0, 0.1) is 5.82 Å². The fourth-order valence-corrected chi connectivity index (χ4v) is 4.00. The SMILES string of the molecule is COCCN(Cc1cccnc1)S(=O)(=O)c1cc(Br)ccc1F. The molecule has 1 aromatic carbocycles. The van der Waals surface area contributed by atoms with Gasteiger partial charge in [0.15, 0.2) is 0 Å². The Balaban J connectivity index is 2.38. The molecule has 0 aliphatic rings. The van der Waals surface area contributed by atoms with Crippen molar-refractivity contribution in [3.05, 3.63) is 58.6 Å². The minimum absolute atomic E-state index is 0.0888. The van der Waals surface area contributed by atoms with E-state index in [0.717, 1.165) is 6.07 Å². The number of pyridine rings is 1. The number of ether oxygens (including phenoxy) is 1. The molecule has 5 nitrogen and oxygen atoms in total. The van der Waals surface area contributed by atoms with E-state index in [2.05, 4.69) is 20.9 Å². The molecule has 124 valence electrons. The Kier molecular flexibility index (Phi) is 6.23. The summed E-state index contributed by atoms with van der Waals surface area (Å²) in [6.07, 6.45) is 3.18. The normalized spacial score (nSPS) is 11.8. The van der Waals surface area contributed by atoms with Gasteiger partial charge in [-0.05, 0) is 29.8 Å². The average Bonchev–Trinajstić information content (AvgIpc) is 2.54. The summed E-state index contributed by atoms with van der Waals surface area (Å²) in [5.41, 5.74) is 0.711. The Labute approximate surface area is 143 Å². The number of hydrogen-bond donors (Lipinski definition) is 0. The fraction of sp³-hybridized carbons (Fsp3) is 0.267. The fourth-order valence-electron chi connectivity index (χ4n) is 1.99. The van der Waals surface area contributed by atoms with E-state index in [1.807, 2.05) is 0 Å². The van der Waals surface area contributed by atoms with Crippen molar-refractivity contribution in [3.8, 4) is 0 Å². The van der Waals surface area contributed by atoms with Crippen LogP contribution in [0.5, 0.6) is 0 Å². The zero-order valence-electron chi connectivity index (χ0n) is 12.4. The van der Waals surface area contributed by atoms with Gasteiger partial charge in [-0.15, -0.1) is 0 Å². The van der Waals surface area contributed by atoms with Crippen LogP contribution in [0.15, 0.2) is 52.1 Å². The van der Waals surface area contributed by atoms with Crippen molar-refractivity contribution in [2.45, 2.75) is 11.4 Å². The number of methoxy groups -OCH3 is 1. The topological polar surface area (TPSA) is 59.5 Å². The van der Waals surface area contributed by atoms with Crippen LogP contribution in [-0.4, -0.2) is 38.0 Å². The minimum atomic E-state index is -4.00. The second-order valence-electron chi connectivity index (χ2n) is 4.77. The molecule has 2 aromatic rings. The molecule has 0 radical (unpaired) electrons. The maximum Gasteiger partial charge on any atom is 0.246 e. The Morgan fingerprint density at radius 3 is 2.78 bits per heavy atom. The lowest BCUT2D eigenvalue weighted by Gasteiger charge is -2.22. The predicted octanol–water partition coefficient (Wildman–Crippen LogP) is 2.82. The molecule has 0 saturated carbocycles. The number of benzene rings is 1. The van der Waals surface area contributed by atoms with Gasteiger partial charge in [-0.25, -0.2) is 12.8 Å². The van der Waals surface area contributed by atoms with E-state index in [9.17, 15) is 12.8 Å². The van der Waals surface area contributed by atoms with Crippen molar-refractivity contribution in [2.75, 3.05) is 20.3 Å². The predicted molar refractivity (Wildman–Crippen MR) is 87.8 cm³/mol. The highest BCUT2D eigenvalue weighted by atomic mass is 79.9. The molecule has 1 heterocycles. The third-order valence-electron chi connectivity index (χ3n) is 3.14. The maximum absolute atomic E-state index is 14.0. The van der Waals surface area contributed by atoms with E-state index in [-0.39, 0.29) is 24.6 Å². The van der Waals surface area contributed by atoms with Gasteiger partial charge >= 0.3 is 0 Å². The molecule has 8 heteroatoms. The summed E-state index contributed by atoms with van der Waals surface area (Å²) < 4.78 is 46.3. The summed E-state index contributed by atoms with van der Waals surface area (Å²) in [5, 5.41) is 0. The number of hydrogen-bond acceptors (Lipinski definition) is 4. The van der Waals surface area contributed by atoms with Crippen LogP contribution in [0.25, 0.3) is 0 Å². The van der Waals surface area contributed by atoms with Crippen LogP contribution in [0.3, 0.4) is 0 Å². The molecule has 0 aliphatic carbocycles. The van der Waals surface area contributed by atoms with Crippen LogP contribution in [-0.2, 0) is 21.3 Å². The van der Waals surface area contributed by atoms with Gasteiger partial charge in [-0.1, -0.05) is 22.0 Å². The second kappa shape index (κ2) is 7.96. The van der Waals surface area contributed by atoms with E-state index in [1.165, 1.54) is 23.5 Å². The number of rotatable bonds is 7. The summed E-state index contributed by atoms with van der Waals surface area (Å²) in [5.74, 6) is -0.790. The van der Waals surface area contributed by atoms with Crippen molar-refractivity contribution in [1.29, 1.82) is 0 Å². The number of aromatic nitrogens is 1. The van der Waals surface area contributed by atoms with Crippen molar-refractivity contribution in [2.24, 2.45) is 0 Å². The zero-order valence-corrected chi connectivity index (χ0v) is 14.8. The molecular weight excluding hydrogens is 387 g/mol. The van der Waals surface area contributed by atoms with Crippen LogP contribution in [0.1, 0.15) is 5.56 Å². The highest BCUT2D eigenvalue weighted by Gasteiger charge is 2.27. The first kappa shape index (κ1) is 18.0. The highest BCUT2D eigenvalue weighted by Crippen LogP contribution is 2.24. The molecular formula is C15H16BrFN2O3S. The standard InChI is InChI=1S/C15H16BrFN2O3S/c1-22-8-7-19(11-12-3-2-6-18-10-12)23(20,21)15-9-13(16)4-5-14(15)17/h2-6,9-10H,7-8,11H2,1H3. The Morgan fingerprint density at radius 1 is 1.35 bits per heavy atom. The summed E-state index contributed by atoms with van der Waals surface area (Å²) in [7, 11) is -2.52. The monoisotopic (exact) mass is 402 g/mol. The average molecular weight is 403 g/mol. The maximum atomic E-state index is 14.0. The lowest BCUT2D eigenvalue weighted by Crippen LogP contribution is -2.34. The van der Waals surface area contributed by atoms with E-state index in [0.29, 0.717) is 10.0 Å². The van der Waals surface area contributed by atoms with E-state index in [1.54, 1.807) is 24.5 Å². The largest absolute Gasteiger partial charge is 0.383 e. The molecule has 0 amide bonds. The first-order chi connectivity index (χ1) is 10.9. The van der Waals surface area contributed by atoms with Crippen molar-refractivity contribution in [1.82, 2.24) is 9.29 Å². The van der Waals surface area contributed by atoms with E-state index < -0.39 is 15.8 Å². The molecule has 0 aliphatic heterocycles. The lowest BCUT2D eigenvalue weighted by atomic mass is 10.3. The summed E-state index contributed by atoms with van der Waals surface area (Å²) in [6.45, 7) is 0.403. The lowest BCUT2D eigenvalue weighted by molar-refractivity contribution is 0.177. The third-order valence-corrected chi connectivity index (χ3v) is 5.49. The van der Waals surface area contributed by atoms with Crippen LogP contribution in [0.2, 0.25) is 0 Å². The van der Waals surface area contributed by atoms with Crippen LogP contribution in [0.4, 0.5) is 4.39 Å². The van der Waals surface area contributed by atoms with Gasteiger partial charge in [0.2, 0.25) is 10.0 Å². The third kappa shape index (κ3) is 4.57. The molecule has 0 N–H and O–H groups in total. The highest BCUT2D eigenvalue weighted by molar-refractivity contribution is 9.10. The van der Waals surface area contributed by atoms with Crippen molar-refractivity contribution >= 4 is 26.0 Å². The first-order valence-corrected chi connectivity index (χ1v) is 9.01. The van der Waals surface area contributed by atoms with Crippen LogP contribution >= 0.6 is 15.9 Å². The molecule has 2 rings (SSSR count). The van der Waals surface area contributed by atoms with Crippen molar-refractivity contribution in [3.63, 3.8) is 0 Å². The molecule has 23 heavy (non-hydrogen) atoms.